The van der Waals surface area contributed by atoms with Crippen LogP contribution in [0, 0.1) is 0 Å². The van der Waals surface area contributed by atoms with Crippen LogP contribution in [0.25, 0.3) is 0 Å². The van der Waals surface area contributed by atoms with Crippen molar-refractivity contribution in [1.82, 2.24) is 10.0 Å². The van der Waals surface area contributed by atoms with Gasteiger partial charge in [0.15, 0.2) is 6.73 Å². The molecule has 11 heteroatoms. The van der Waals surface area contributed by atoms with Crippen molar-refractivity contribution in [3.8, 4) is 0 Å². The van der Waals surface area contributed by atoms with Crippen molar-refractivity contribution in [1.29, 1.82) is 0 Å². The number of nitrogens with zero attached hydrogens (tertiary/aromatic N) is 2. The maximum atomic E-state index is 13.6. The molecule has 0 aromatic heterocycles. The first kappa shape index (κ1) is 29.5. The predicted octanol–water partition coefficient (Wildman–Crippen LogP) is 5.40. The van der Waals surface area contributed by atoms with Crippen LogP contribution in [0.5, 0.6) is 0 Å². The minimum atomic E-state index is -3.72. The van der Waals surface area contributed by atoms with E-state index in [1.54, 1.807) is 77.1 Å². The number of carbonyl (C=O) groups is 3. The lowest BCUT2D eigenvalue weighted by Crippen LogP contribution is -2.59. The average Bonchev–Trinajstić information content (AvgIpc) is 2.81. The van der Waals surface area contributed by atoms with Gasteiger partial charge in [-0.05, 0) is 71.0 Å². The third-order valence-electron chi connectivity index (χ3n) is 4.74. The third kappa shape index (κ3) is 8.17. The van der Waals surface area contributed by atoms with Crippen molar-refractivity contribution in [2.75, 3.05) is 26.1 Å². The van der Waals surface area contributed by atoms with Crippen LogP contribution in [0.4, 0.5) is 0 Å². The molecule has 0 aliphatic carbocycles. The first-order chi connectivity index (χ1) is 16.9. The maximum absolute atomic E-state index is 13.6. The zero-order valence-electron chi connectivity index (χ0n) is 21.1. The summed E-state index contributed by atoms with van der Waals surface area (Å²) in [5.74, 6) is -1.98. The van der Waals surface area contributed by atoms with Crippen LogP contribution < -0.4 is 0 Å². The molecule has 0 saturated heterocycles. The van der Waals surface area contributed by atoms with Crippen LogP contribution in [0.15, 0.2) is 54.6 Å². The van der Waals surface area contributed by atoms with Crippen LogP contribution in [0.3, 0.4) is 0 Å². The topological polar surface area (TPSA) is 102 Å². The van der Waals surface area contributed by atoms with E-state index < -0.39 is 43.8 Å². The lowest BCUT2D eigenvalue weighted by molar-refractivity contribution is -0.153. The van der Waals surface area contributed by atoms with Crippen molar-refractivity contribution in [3.05, 3.63) is 70.7 Å². The van der Waals surface area contributed by atoms with Gasteiger partial charge in [0.1, 0.15) is 6.16 Å². The van der Waals surface area contributed by atoms with Gasteiger partial charge >= 0.3 is 13.6 Å². The SMILES string of the molecule is CCOP(=O)(CC(=O)OCN(C(=O)c1ccc(Cl)cc1)N(C(=O)c1ccccc1)C(C)(C)C)OCC. The lowest BCUT2D eigenvalue weighted by Gasteiger charge is -2.42. The van der Waals surface area contributed by atoms with Gasteiger partial charge in [-0.3, -0.25) is 18.9 Å². The van der Waals surface area contributed by atoms with Crippen molar-refractivity contribution in [3.63, 3.8) is 0 Å². The number of hydrogen-bond donors (Lipinski definition) is 0. The standard InChI is InChI=1S/C25H32ClN2O7P/c1-6-34-36(32,35-7-2)17-22(29)33-18-27(23(30)20-13-15-21(26)16-14-20)28(25(3,4)5)24(31)19-11-9-8-10-12-19/h8-16H,6-7,17-18H2,1-5H3. The molecule has 2 amide bonds. The van der Waals surface area contributed by atoms with Crippen molar-refractivity contribution in [2.45, 2.75) is 40.2 Å². The maximum Gasteiger partial charge on any atom is 0.341 e. The summed E-state index contributed by atoms with van der Waals surface area (Å²) < 4.78 is 28.4. The summed E-state index contributed by atoms with van der Waals surface area (Å²) in [6, 6.07) is 14.5. The minimum Gasteiger partial charge on any atom is -0.442 e. The molecule has 0 atom stereocenters. The van der Waals surface area contributed by atoms with E-state index in [-0.39, 0.29) is 18.8 Å². The number of hydrazine groups is 1. The molecule has 9 nitrogen and oxygen atoms in total. The lowest BCUT2D eigenvalue weighted by atomic mass is 10.1. The summed E-state index contributed by atoms with van der Waals surface area (Å²) in [5.41, 5.74) is -0.336. The second-order valence-electron chi connectivity index (χ2n) is 8.62. The summed E-state index contributed by atoms with van der Waals surface area (Å²) in [6.45, 7) is 8.03. The Morgan fingerprint density at radius 3 is 1.89 bits per heavy atom. The zero-order chi connectivity index (χ0) is 26.9. The van der Waals surface area contributed by atoms with E-state index in [9.17, 15) is 18.9 Å². The Morgan fingerprint density at radius 1 is 0.861 bits per heavy atom. The highest BCUT2D eigenvalue weighted by molar-refractivity contribution is 7.54. The number of rotatable bonds is 10. The molecule has 2 rings (SSSR count). The van der Waals surface area contributed by atoms with Gasteiger partial charge < -0.3 is 13.8 Å². The smallest absolute Gasteiger partial charge is 0.341 e. The van der Waals surface area contributed by atoms with E-state index >= 15 is 0 Å². The van der Waals surface area contributed by atoms with Gasteiger partial charge in [-0.1, -0.05) is 29.8 Å². The first-order valence-electron chi connectivity index (χ1n) is 11.4. The quantitative estimate of drug-likeness (QED) is 0.172. The molecule has 2 aromatic rings. The van der Waals surface area contributed by atoms with Gasteiger partial charge in [-0.15, -0.1) is 0 Å². The predicted molar refractivity (Wildman–Crippen MR) is 137 cm³/mol. The number of amides is 2. The van der Waals surface area contributed by atoms with Crippen molar-refractivity contribution >= 4 is 37.0 Å². The van der Waals surface area contributed by atoms with Gasteiger partial charge in [-0.2, -0.15) is 0 Å². The van der Waals surface area contributed by atoms with Crippen LogP contribution in [0.2, 0.25) is 5.02 Å². The van der Waals surface area contributed by atoms with Crippen LogP contribution in [-0.2, 0) is 23.1 Å². The summed E-state index contributed by atoms with van der Waals surface area (Å²) in [6.07, 6.45) is -0.639. The van der Waals surface area contributed by atoms with E-state index in [0.717, 1.165) is 5.01 Å². The van der Waals surface area contributed by atoms with E-state index in [4.69, 9.17) is 25.4 Å². The van der Waals surface area contributed by atoms with Gasteiger partial charge in [-0.25, -0.2) is 10.0 Å². The normalized spacial score (nSPS) is 11.6. The Kier molecular flexibility index (Phi) is 10.7. The van der Waals surface area contributed by atoms with Crippen molar-refractivity contribution in [2.24, 2.45) is 0 Å². The van der Waals surface area contributed by atoms with Gasteiger partial charge in [0.05, 0.1) is 18.8 Å². The third-order valence-corrected chi connectivity index (χ3v) is 6.94. The molecule has 0 saturated carbocycles. The van der Waals surface area contributed by atoms with E-state index in [1.807, 2.05) is 0 Å². The Labute approximate surface area is 216 Å². The van der Waals surface area contributed by atoms with Crippen LogP contribution in [0.1, 0.15) is 55.3 Å². The van der Waals surface area contributed by atoms with E-state index in [1.165, 1.54) is 17.1 Å². The molecule has 196 valence electrons. The molecule has 0 bridgehead atoms. The average molecular weight is 539 g/mol. The Morgan fingerprint density at radius 2 is 1.39 bits per heavy atom. The molecule has 0 unspecified atom stereocenters. The molecular formula is C25H32ClN2O7P. The number of benzene rings is 2. The highest BCUT2D eigenvalue weighted by Crippen LogP contribution is 2.47. The monoisotopic (exact) mass is 538 g/mol. The van der Waals surface area contributed by atoms with E-state index in [0.29, 0.717) is 10.6 Å². The van der Waals surface area contributed by atoms with Gasteiger partial charge in [0.25, 0.3) is 11.8 Å². The van der Waals surface area contributed by atoms with Crippen LogP contribution >= 0.6 is 19.2 Å². The number of carbonyl (C=O) groups excluding carboxylic acids is 3. The molecule has 2 aromatic carbocycles. The van der Waals surface area contributed by atoms with Crippen LogP contribution in [-0.4, -0.2) is 59.4 Å². The Bertz CT molecular complexity index is 1080. The fourth-order valence-electron chi connectivity index (χ4n) is 3.29. The number of hydrogen-bond acceptors (Lipinski definition) is 7. The highest BCUT2D eigenvalue weighted by Gasteiger charge is 2.37. The molecule has 0 spiro atoms. The fourth-order valence-corrected chi connectivity index (χ4v) is 4.86. The van der Waals surface area contributed by atoms with Gasteiger partial charge in [0, 0.05) is 16.1 Å². The summed E-state index contributed by atoms with van der Waals surface area (Å²) in [4.78, 5) is 39.7. The fraction of sp³-hybridized carbons (Fsp3) is 0.400. The molecular weight excluding hydrogens is 507 g/mol. The Balaban J connectivity index is 2.41. The highest BCUT2D eigenvalue weighted by atomic mass is 35.5. The molecule has 0 aliphatic rings. The minimum absolute atomic E-state index is 0.0785. The van der Waals surface area contributed by atoms with Gasteiger partial charge in [0.2, 0.25) is 0 Å². The van der Waals surface area contributed by atoms with E-state index in [2.05, 4.69) is 0 Å². The first-order valence-corrected chi connectivity index (χ1v) is 13.5. The number of halogens is 1. The Hall–Kier alpha value is -2.71. The zero-order valence-corrected chi connectivity index (χ0v) is 22.8. The largest absolute Gasteiger partial charge is 0.442 e. The second kappa shape index (κ2) is 13.0. The molecule has 0 heterocycles. The molecule has 0 N–H and O–H groups in total. The summed E-state index contributed by atoms with van der Waals surface area (Å²) in [7, 11) is -3.72. The second-order valence-corrected chi connectivity index (χ2v) is 11.1. The summed E-state index contributed by atoms with van der Waals surface area (Å²) in [5, 5.41) is 2.71. The molecule has 0 radical (unpaired) electrons. The molecule has 0 fully saturated rings. The summed E-state index contributed by atoms with van der Waals surface area (Å²) >= 11 is 5.97. The number of ether oxygens (including phenoxy) is 1. The van der Waals surface area contributed by atoms with Crippen molar-refractivity contribution < 1.29 is 32.7 Å². The molecule has 0 aliphatic heterocycles. The molecule has 36 heavy (non-hydrogen) atoms. The number of esters is 1.